The van der Waals surface area contributed by atoms with Crippen LogP contribution in [-0.4, -0.2) is 153 Å². The van der Waals surface area contributed by atoms with E-state index >= 15 is 0 Å². The molecule has 0 saturated carbocycles. The Balaban J connectivity index is 1.18. The average molecular weight is 647 g/mol. The van der Waals surface area contributed by atoms with Crippen LogP contribution in [0.25, 0.3) is 10.8 Å². The highest BCUT2D eigenvalue weighted by atomic mass is 16.5. The molecule has 0 radical (unpaired) electrons. The maximum atomic E-state index is 14.3. The van der Waals surface area contributed by atoms with Gasteiger partial charge in [-0.15, -0.1) is 0 Å². The molecule has 2 aromatic carbocycles. The average Bonchev–Trinajstić information content (AvgIpc) is 3.10. The predicted octanol–water partition coefficient (Wildman–Crippen LogP) is 2.37. The summed E-state index contributed by atoms with van der Waals surface area (Å²) in [5, 5.41) is 4.34. The van der Waals surface area contributed by atoms with Crippen molar-refractivity contribution in [2.75, 3.05) is 110 Å². The zero-order valence-electron chi connectivity index (χ0n) is 27.3. The highest BCUT2D eigenvalue weighted by molar-refractivity contribution is 6.34. The van der Waals surface area contributed by atoms with Crippen molar-refractivity contribution in [3.05, 3.63) is 40.5 Å². The zero-order chi connectivity index (χ0) is 32.3. The van der Waals surface area contributed by atoms with Gasteiger partial charge in [-0.05, 0) is 57.0 Å². The van der Waals surface area contributed by atoms with Gasteiger partial charge in [0.15, 0.2) is 0 Å². The van der Waals surface area contributed by atoms with Gasteiger partial charge < -0.3 is 19.7 Å². The molecule has 12 heteroatoms. The largest absolute Gasteiger partial charge is 0.383 e. The summed E-state index contributed by atoms with van der Waals surface area (Å²) in [7, 11) is 0. The minimum Gasteiger partial charge on any atom is -0.383 e. The van der Waals surface area contributed by atoms with Crippen LogP contribution in [0.15, 0.2) is 18.2 Å². The van der Waals surface area contributed by atoms with E-state index in [1.54, 1.807) is 18.2 Å². The molecule has 0 atom stereocenters. The van der Waals surface area contributed by atoms with Crippen LogP contribution in [-0.2, 0) is 9.47 Å². The second kappa shape index (κ2) is 14.4. The molecular weight excluding hydrogens is 600 g/mol. The first kappa shape index (κ1) is 32.1. The molecule has 7 rings (SSSR count). The number of hydrogen-bond donors (Lipinski definition) is 1. The van der Waals surface area contributed by atoms with E-state index in [9.17, 15) is 19.2 Å². The van der Waals surface area contributed by atoms with Gasteiger partial charge in [0.2, 0.25) is 0 Å². The molecule has 1 N–H and O–H groups in total. The molecule has 252 valence electrons. The Bertz CT molecular complexity index is 1530. The summed E-state index contributed by atoms with van der Waals surface area (Å²) in [4.78, 5) is 65.8. The van der Waals surface area contributed by atoms with Crippen molar-refractivity contribution in [3.8, 4) is 0 Å². The number of benzene rings is 2. The van der Waals surface area contributed by atoms with Gasteiger partial charge in [0, 0.05) is 93.0 Å². The fourth-order valence-electron chi connectivity index (χ4n) is 7.70. The molecule has 3 fully saturated rings. The van der Waals surface area contributed by atoms with Gasteiger partial charge in [-0.2, -0.15) is 0 Å². The van der Waals surface area contributed by atoms with Crippen LogP contribution in [0.1, 0.15) is 73.5 Å². The summed E-state index contributed by atoms with van der Waals surface area (Å²) in [6.07, 6.45) is 4.92. The highest BCUT2D eigenvalue weighted by Gasteiger charge is 2.41. The van der Waals surface area contributed by atoms with Crippen LogP contribution < -0.4 is 5.32 Å². The minimum atomic E-state index is -0.375. The number of nitrogens with one attached hydrogen (secondary N) is 1. The second-order valence-electron chi connectivity index (χ2n) is 13.2. The summed E-state index contributed by atoms with van der Waals surface area (Å²) in [6, 6.07) is 5.09. The summed E-state index contributed by atoms with van der Waals surface area (Å²) in [5.41, 5.74) is 2.04. The Kier molecular flexibility index (Phi) is 9.83. The Morgan fingerprint density at radius 2 is 1.06 bits per heavy atom. The van der Waals surface area contributed by atoms with Crippen LogP contribution in [0, 0.1) is 0 Å². The molecule has 0 unspecified atom stereocenters. The van der Waals surface area contributed by atoms with Crippen LogP contribution in [0.5, 0.6) is 0 Å². The first-order valence-electron chi connectivity index (χ1n) is 17.4. The quantitative estimate of drug-likeness (QED) is 0.345. The molecule has 0 bridgehead atoms. The number of ether oxygens (including phenoxy) is 2. The Hall–Kier alpha value is -3.42. The third kappa shape index (κ3) is 6.54. The lowest BCUT2D eigenvalue weighted by Crippen LogP contribution is -2.45. The number of anilines is 1. The first-order valence-corrected chi connectivity index (χ1v) is 17.4. The standard InChI is InChI=1S/C35H46N6O6/c42-32-25-6-7-26-30-29(25)27(34(44)40(32)13-4-11-38-16-20-46-21-17-38)24-28(36-8-15-37-9-2-1-3-10-37)31(30)35(45)41(33(26)43)14-5-12-39-18-22-47-23-19-39/h6-7,24,36H,1-5,8-23H2. The van der Waals surface area contributed by atoms with Crippen molar-refractivity contribution in [2.24, 2.45) is 0 Å². The number of rotatable bonds is 12. The molecule has 5 aliphatic heterocycles. The maximum Gasteiger partial charge on any atom is 0.263 e. The lowest BCUT2D eigenvalue weighted by atomic mass is 9.84. The highest BCUT2D eigenvalue weighted by Crippen LogP contribution is 2.41. The smallest absolute Gasteiger partial charge is 0.263 e. The van der Waals surface area contributed by atoms with Crippen molar-refractivity contribution in [1.29, 1.82) is 0 Å². The predicted molar refractivity (Wildman–Crippen MR) is 177 cm³/mol. The van der Waals surface area contributed by atoms with E-state index < -0.39 is 0 Å². The molecule has 2 aromatic rings. The number of carbonyl (C=O) groups is 4. The van der Waals surface area contributed by atoms with E-state index in [0.717, 1.165) is 58.9 Å². The van der Waals surface area contributed by atoms with Crippen molar-refractivity contribution in [1.82, 2.24) is 24.5 Å². The lowest BCUT2D eigenvalue weighted by Gasteiger charge is -2.34. The van der Waals surface area contributed by atoms with E-state index in [0.29, 0.717) is 97.6 Å². The molecule has 0 aliphatic carbocycles. The second-order valence-corrected chi connectivity index (χ2v) is 13.2. The Labute approximate surface area is 275 Å². The van der Waals surface area contributed by atoms with E-state index in [2.05, 4.69) is 20.0 Å². The Morgan fingerprint density at radius 3 is 1.66 bits per heavy atom. The molecule has 4 amide bonds. The summed E-state index contributed by atoms with van der Waals surface area (Å²) in [6.45, 7) is 11.8. The molecule has 5 aliphatic rings. The first-order chi connectivity index (χ1) is 23.0. The van der Waals surface area contributed by atoms with E-state index in [1.807, 2.05) is 0 Å². The van der Waals surface area contributed by atoms with Crippen LogP contribution >= 0.6 is 0 Å². The van der Waals surface area contributed by atoms with Gasteiger partial charge >= 0.3 is 0 Å². The fourth-order valence-corrected chi connectivity index (χ4v) is 7.70. The molecule has 5 heterocycles. The number of morpholine rings is 2. The molecule has 47 heavy (non-hydrogen) atoms. The number of likely N-dealkylation sites (tertiary alicyclic amines) is 1. The number of nitrogens with zero attached hydrogens (tertiary/aromatic N) is 5. The van der Waals surface area contributed by atoms with E-state index in [-0.39, 0.29) is 23.6 Å². The molecule has 0 spiro atoms. The number of imide groups is 2. The topological polar surface area (TPSA) is 115 Å². The lowest BCUT2D eigenvalue weighted by molar-refractivity contribution is 0.0351. The Morgan fingerprint density at radius 1 is 0.553 bits per heavy atom. The van der Waals surface area contributed by atoms with Crippen molar-refractivity contribution in [2.45, 2.75) is 32.1 Å². The van der Waals surface area contributed by atoms with Crippen molar-refractivity contribution in [3.63, 3.8) is 0 Å². The van der Waals surface area contributed by atoms with E-state index in [4.69, 9.17) is 9.47 Å². The van der Waals surface area contributed by atoms with Crippen molar-refractivity contribution >= 4 is 40.1 Å². The van der Waals surface area contributed by atoms with E-state index in [1.165, 1.54) is 29.1 Å². The van der Waals surface area contributed by atoms with Gasteiger partial charge in [0.1, 0.15) is 0 Å². The molecule has 0 aromatic heterocycles. The summed E-state index contributed by atoms with van der Waals surface area (Å²) in [5.74, 6) is -1.50. The summed E-state index contributed by atoms with van der Waals surface area (Å²) < 4.78 is 10.9. The van der Waals surface area contributed by atoms with Crippen LogP contribution in [0.2, 0.25) is 0 Å². The normalized spacial score (nSPS) is 21.3. The van der Waals surface area contributed by atoms with Gasteiger partial charge in [0.25, 0.3) is 23.6 Å². The van der Waals surface area contributed by atoms with Gasteiger partial charge in [-0.25, -0.2) is 0 Å². The third-order valence-corrected chi connectivity index (χ3v) is 10.3. The molecular formula is C35H46N6O6. The fraction of sp³-hybridized carbons (Fsp3) is 0.600. The third-order valence-electron chi connectivity index (χ3n) is 10.3. The number of amides is 4. The zero-order valence-corrected chi connectivity index (χ0v) is 27.3. The number of carbonyl (C=O) groups excluding carboxylic acids is 4. The number of piperidine rings is 1. The van der Waals surface area contributed by atoms with Gasteiger partial charge in [0.05, 0.1) is 37.6 Å². The van der Waals surface area contributed by atoms with Gasteiger partial charge in [-0.1, -0.05) is 6.42 Å². The molecule has 12 nitrogen and oxygen atoms in total. The van der Waals surface area contributed by atoms with Crippen LogP contribution in [0.3, 0.4) is 0 Å². The maximum absolute atomic E-state index is 14.3. The molecule has 3 saturated heterocycles. The van der Waals surface area contributed by atoms with Crippen molar-refractivity contribution < 1.29 is 28.7 Å². The minimum absolute atomic E-state index is 0.293. The summed E-state index contributed by atoms with van der Waals surface area (Å²) >= 11 is 0. The van der Waals surface area contributed by atoms with Gasteiger partial charge in [-0.3, -0.25) is 38.8 Å². The monoisotopic (exact) mass is 646 g/mol. The number of hydrogen-bond acceptors (Lipinski definition) is 10. The SMILES string of the molecule is O=C1c2ccc3c4c(c(NCCN5CCCCC5)cc(c24)C(=O)N1CCCN1CCOCC1)C(=O)N(CCCN1CCOCC1)C3=O. The van der Waals surface area contributed by atoms with Crippen LogP contribution in [0.4, 0.5) is 5.69 Å².